The van der Waals surface area contributed by atoms with Gasteiger partial charge in [-0.05, 0) is 20.3 Å². The average molecular weight is 226 g/mol. The third-order valence-electron chi connectivity index (χ3n) is 2.37. The predicted octanol–water partition coefficient (Wildman–Crippen LogP) is 2.54. The standard InChI is InChI=1S/C11H18N2OS/c1-5-7(2)12-6-10-13-8(3)11(15-10)9(4)14/h7,12H,5-6H2,1-4H3. The molecule has 1 N–H and O–H groups in total. The van der Waals surface area contributed by atoms with Gasteiger partial charge in [-0.1, -0.05) is 6.92 Å². The Morgan fingerprint density at radius 3 is 2.73 bits per heavy atom. The van der Waals surface area contributed by atoms with E-state index in [-0.39, 0.29) is 5.78 Å². The first kappa shape index (κ1) is 12.3. The van der Waals surface area contributed by atoms with E-state index >= 15 is 0 Å². The lowest BCUT2D eigenvalue weighted by atomic mass is 10.3. The molecule has 3 nitrogen and oxygen atoms in total. The van der Waals surface area contributed by atoms with Crippen molar-refractivity contribution in [1.29, 1.82) is 0 Å². The van der Waals surface area contributed by atoms with Crippen LogP contribution in [-0.4, -0.2) is 16.8 Å². The van der Waals surface area contributed by atoms with Crippen molar-refractivity contribution in [2.75, 3.05) is 0 Å². The smallest absolute Gasteiger partial charge is 0.171 e. The predicted molar refractivity (Wildman–Crippen MR) is 63.4 cm³/mol. The Labute approximate surface area is 94.9 Å². The van der Waals surface area contributed by atoms with Crippen LogP contribution >= 0.6 is 11.3 Å². The molecular formula is C11H18N2OS. The number of nitrogens with one attached hydrogen (secondary N) is 1. The van der Waals surface area contributed by atoms with E-state index in [2.05, 4.69) is 24.1 Å². The number of aromatic nitrogens is 1. The monoisotopic (exact) mass is 226 g/mol. The second-order valence-corrected chi connectivity index (χ2v) is 4.85. The Kier molecular flexibility index (Phi) is 4.42. The number of carbonyl (C=O) groups is 1. The van der Waals surface area contributed by atoms with Crippen LogP contribution in [0.2, 0.25) is 0 Å². The zero-order chi connectivity index (χ0) is 11.4. The Balaban J connectivity index is 2.63. The first-order chi connectivity index (χ1) is 7.04. The summed E-state index contributed by atoms with van der Waals surface area (Å²) < 4.78 is 0. The minimum Gasteiger partial charge on any atom is -0.308 e. The molecule has 0 saturated carbocycles. The van der Waals surface area contributed by atoms with Gasteiger partial charge in [-0.25, -0.2) is 4.98 Å². The first-order valence-electron chi connectivity index (χ1n) is 5.25. The SMILES string of the molecule is CCC(C)NCc1nc(C)c(C(C)=O)s1. The van der Waals surface area contributed by atoms with Gasteiger partial charge in [0.05, 0.1) is 10.6 Å². The number of hydrogen-bond donors (Lipinski definition) is 1. The van der Waals surface area contributed by atoms with E-state index in [9.17, 15) is 4.79 Å². The average Bonchev–Trinajstić information content (AvgIpc) is 2.56. The Bertz CT molecular complexity index is 346. The number of Topliss-reactive ketones (excluding diaryl/α,β-unsaturated/α-hetero) is 1. The number of nitrogens with zero attached hydrogens (tertiary/aromatic N) is 1. The summed E-state index contributed by atoms with van der Waals surface area (Å²) in [7, 11) is 0. The van der Waals surface area contributed by atoms with Gasteiger partial charge in [0.25, 0.3) is 0 Å². The second kappa shape index (κ2) is 5.37. The minimum atomic E-state index is 0.111. The maximum absolute atomic E-state index is 11.2. The zero-order valence-corrected chi connectivity index (χ0v) is 10.6. The minimum absolute atomic E-state index is 0.111. The molecular weight excluding hydrogens is 208 g/mol. The number of ketones is 1. The number of carbonyl (C=O) groups excluding carboxylic acids is 1. The molecule has 1 rings (SSSR count). The lowest BCUT2D eigenvalue weighted by Gasteiger charge is -2.08. The van der Waals surface area contributed by atoms with Crippen LogP contribution in [0.4, 0.5) is 0 Å². The summed E-state index contributed by atoms with van der Waals surface area (Å²) in [6.45, 7) is 8.53. The largest absolute Gasteiger partial charge is 0.308 e. The lowest BCUT2D eigenvalue weighted by molar-refractivity contribution is 0.102. The van der Waals surface area contributed by atoms with E-state index < -0.39 is 0 Å². The van der Waals surface area contributed by atoms with E-state index in [0.717, 1.165) is 28.5 Å². The third kappa shape index (κ3) is 3.39. The molecule has 0 saturated heterocycles. The third-order valence-corrected chi connectivity index (χ3v) is 3.63. The maximum Gasteiger partial charge on any atom is 0.171 e. The van der Waals surface area contributed by atoms with Gasteiger partial charge < -0.3 is 5.32 Å². The summed E-state index contributed by atoms with van der Waals surface area (Å²) in [5.74, 6) is 0.111. The van der Waals surface area contributed by atoms with Crippen LogP contribution in [0, 0.1) is 6.92 Å². The van der Waals surface area contributed by atoms with E-state index in [0.29, 0.717) is 6.04 Å². The van der Waals surface area contributed by atoms with E-state index in [1.807, 2.05) is 6.92 Å². The Morgan fingerprint density at radius 2 is 2.27 bits per heavy atom. The topological polar surface area (TPSA) is 42.0 Å². The highest BCUT2D eigenvalue weighted by molar-refractivity contribution is 7.13. The van der Waals surface area contributed by atoms with Crippen LogP contribution in [0.1, 0.15) is 47.6 Å². The van der Waals surface area contributed by atoms with Crippen LogP contribution in [0.15, 0.2) is 0 Å². The highest BCUT2D eigenvalue weighted by atomic mass is 32.1. The molecule has 0 aliphatic heterocycles. The number of hydrogen-bond acceptors (Lipinski definition) is 4. The molecule has 0 amide bonds. The summed E-state index contributed by atoms with van der Waals surface area (Å²) in [5.41, 5.74) is 0.855. The highest BCUT2D eigenvalue weighted by Crippen LogP contribution is 2.18. The normalized spacial score (nSPS) is 12.8. The molecule has 0 radical (unpaired) electrons. The van der Waals surface area contributed by atoms with Gasteiger partial charge >= 0.3 is 0 Å². The molecule has 1 unspecified atom stereocenters. The molecule has 0 aliphatic carbocycles. The van der Waals surface area contributed by atoms with E-state index in [1.54, 1.807) is 6.92 Å². The van der Waals surface area contributed by atoms with E-state index in [1.165, 1.54) is 11.3 Å². The van der Waals surface area contributed by atoms with Crippen molar-refractivity contribution in [3.8, 4) is 0 Å². The van der Waals surface area contributed by atoms with Crippen molar-refractivity contribution in [1.82, 2.24) is 10.3 Å². The molecule has 0 bridgehead atoms. The van der Waals surface area contributed by atoms with Crippen LogP contribution in [0.3, 0.4) is 0 Å². The fourth-order valence-electron chi connectivity index (χ4n) is 1.26. The van der Waals surface area contributed by atoms with Crippen molar-refractivity contribution < 1.29 is 4.79 Å². The maximum atomic E-state index is 11.2. The molecule has 0 fully saturated rings. The van der Waals surface area contributed by atoms with Crippen LogP contribution < -0.4 is 5.32 Å². The van der Waals surface area contributed by atoms with Crippen molar-refractivity contribution in [2.45, 2.75) is 46.7 Å². The van der Waals surface area contributed by atoms with Gasteiger partial charge in [0.2, 0.25) is 0 Å². The fourth-order valence-corrected chi connectivity index (χ4v) is 2.17. The molecule has 84 valence electrons. The summed E-state index contributed by atoms with van der Waals surface area (Å²) >= 11 is 1.50. The molecule has 1 aromatic heterocycles. The molecule has 0 spiro atoms. The number of rotatable bonds is 5. The van der Waals surface area contributed by atoms with Crippen molar-refractivity contribution >= 4 is 17.1 Å². The zero-order valence-electron chi connectivity index (χ0n) is 9.76. The number of thiazole rings is 1. The first-order valence-corrected chi connectivity index (χ1v) is 6.06. The van der Waals surface area contributed by atoms with Gasteiger partial charge in [-0.3, -0.25) is 4.79 Å². The molecule has 15 heavy (non-hydrogen) atoms. The van der Waals surface area contributed by atoms with Gasteiger partial charge in [0, 0.05) is 19.5 Å². The van der Waals surface area contributed by atoms with Gasteiger partial charge in [-0.15, -0.1) is 11.3 Å². The molecule has 1 heterocycles. The Hall–Kier alpha value is -0.740. The van der Waals surface area contributed by atoms with Crippen molar-refractivity contribution in [3.05, 3.63) is 15.6 Å². The lowest BCUT2D eigenvalue weighted by Crippen LogP contribution is -2.24. The quantitative estimate of drug-likeness (QED) is 0.784. The van der Waals surface area contributed by atoms with Gasteiger partial charge in [0.15, 0.2) is 5.78 Å². The summed E-state index contributed by atoms with van der Waals surface area (Å²) in [4.78, 5) is 16.4. The van der Waals surface area contributed by atoms with Crippen molar-refractivity contribution in [2.24, 2.45) is 0 Å². The summed E-state index contributed by atoms with van der Waals surface area (Å²) in [6.07, 6.45) is 1.10. The van der Waals surface area contributed by atoms with Gasteiger partial charge in [0.1, 0.15) is 5.01 Å². The number of aryl methyl sites for hydroxylation is 1. The summed E-state index contributed by atoms with van der Waals surface area (Å²) in [5, 5.41) is 4.36. The molecule has 0 aromatic carbocycles. The van der Waals surface area contributed by atoms with E-state index in [4.69, 9.17) is 0 Å². The molecule has 0 aliphatic rings. The Morgan fingerprint density at radius 1 is 1.60 bits per heavy atom. The van der Waals surface area contributed by atoms with Crippen LogP contribution in [-0.2, 0) is 6.54 Å². The second-order valence-electron chi connectivity index (χ2n) is 3.77. The summed E-state index contributed by atoms with van der Waals surface area (Å²) in [6, 6.07) is 0.495. The highest BCUT2D eigenvalue weighted by Gasteiger charge is 2.11. The van der Waals surface area contributed by atoms with Crippen molar-refractivity contribution in [3.63, 3.8) is 0 Å². The molecule has 1 atom stereocenters. The molecule has 4 heteroatoms. The molecule has 1 aromatic rings. The van der Waals surface area contributed by atoms with Gasteiger partial charge in [-0.2, -0.15) is 0 Å². The fraction of sp³-hybridized carbons (Fsp3) is 0.636. The van der Waals surface area contributed by atoms with Crippen LogP contribution in [0.25, 0.3) is 0 Å². The van der Waals surface area contributed by atoms with Crippen LogP contribution in [0.5, 0.6) is 0 Å².